The van der Waals surface area contributed by atoms with Gasteiger partial charge in [-0.3, -0.25) is 14.6 Å². The second-order valence-corrected chi connectivity index (χ2v) is 8.41. The maximum atomic E-state index is 12.8. The van der Waals surface area contributed by atoms with Gasteiger partial charge in [0.05, 0.1) is 11.5 Å². The highest BCUT2D eigenvalue weighted by Gasteiger charge is 2.34. The van der Waals surface area contributed by atoms with Gasteiger partial charge >= 0.3 is 0 Å². The summed E-state index contributed by atoms with van der Waals surface area (Å²) in [6, 6.07) is 2.66. The van der Waals surface area contributed by atoms with Gasteiger partial charge in [-0.1, -0.05) is 0 Å². The van der Waals surface area contributed by atoms with Gasteiger partial charge in [-0.2, -0.15) is 0 Å². The standard InChI is InChI=1S/C17H25N3O5S/c1-3-20(14-6-10-26(23,24)12-14)17(22)13-5-8-18-15(11-13)16(21)19-7-4-9-25-2/h5,8,11,14H,3-4,6-7,9-10,12H2,1-2H3,(H,19,21). The molecule has 1 unspecified atom stereocenters. The highest BCUT2D eigenvalue weighted by molar-refractivity contribution is 7.91. The maximum Gasteiger partial charge on any atom is 0.269 e. The number of methoxy groups -OCH3 is 1. The van der Waals surface area contributed by atoms with Crippen molar-refractivity contribution in [3.63, 3.8) is 0 Å². The lowest BCUT2D eigenvalue weighted by molar-refractivity contribution is 0.0708. The number of hydrogen-bond donors (Lipinski definition) is 1. The Balaban J connectivity index is 2.07. The van der Waals surface area contributed by atoms with Crippen LogP contribution in [0.3, 0.4) is 0 Å². The Bertz CT molecular complexity index is 751. The number of hydrogen-bond acceptors (Lipinski definition) is 6. The molecule has 1 N–H and O–H groups in total. The van der Waals surface area contributed by atoms with Gasteiger partial charge in [-0.25, -0.2) is 8.42 Å². The number of rotatable bonds is 8. The summed E-state index contributed by atoms with van der Waals surface area (Å²) in [5, 5.41) is 2.72. The molecule has 0 spiro atoms. The number of sulfone groups is 1. The molecule has 1 saturated heterocycles. The van der Waals surface area contributed by atoms with Crippen molar-refractivity contribution in [2.45, 2.75) is 25.8 Å². The van der Waals surface area contributed by atoms with Gasteiger partial charge in [0.25, 0.3) is 11.8 Å². The van der Waals surface area contributed by atoms with Crippen LogP contribution in [0.25, 0.3) is 0 Å². The Hall–Kier alpha value is -2.00. The zero-order valence-electron chi connectivity index (χ0n) is 15.1. The average Bonchev–Trinajstić information content (AvgIpc) is 2.98. The SMILES string of the molecule is CCN(C(=O)c1ccnc(C(=O)NCCCOC)c1)C1CCS(=O)(=O)C1. The van der Waals surface area contributed by atoms with Gasteiger partial charge in [-0.15, -0.1) is 0 Å². The third kappa shape index (κ3) is 5.25. The maximum absolute atomic E-state index is 12.8. The van der Waals surface area contributed by atoms with Crippen molar-refractivity contribution < 1.29 is 22.7 Å². The molecule has 0 radical (unpaired) electrons. The summed E-state index contributed by atoms with van der Waals surface area (Å²) < 4.78 is 28.3. The van der Waals surface area contributed by atoms with Crippen LogP contribution in [0.1, 0.15) is 40.6 Å². The van der Waals surface area contributed by atoms with E-state index in [9.17, 15) is 18.0 Å². The zero-order valence-corrected chi connectivity index (χ0v) is 15.9. The van der Waals surface area contributed by atoms with Gasteiger partial charge < -0.3 is 15.0 Å². The molecule has 0 saturated carbocycles. The van der Waals surface area contributed by atoms with Crippen LogP contribution in [0, 0.1) is 0 Å². The van der Waals surface area contributed by atoms with Crippen LogP contribution in [0.2, 0.25) is 0 Å². The molecule has 2 amide bonds. The van der Waals surface area contributed by atoms with E-state index in [1.165, 1.54) is 18.3 Å². The Labute approximate surface area is 153 Å². The fourth-order valence-electron chi connectivity index (χ4n) is 2.95. The second kappa shape index (κ2) is 9.09. The first kappa shape index (κ1) is 20.3. The molecular weight excluding hydrogens is 358 g/mol. The Kier molecular flexibility index (Phi) is 7.10. The van der Waals surface area contributed by atoms with Crippen LogP contribution in [-0.4, -0.2) is 74.5 Å². The summed E-state index contributed by atoms with van der Waals surface area (Å²) >= 11 is 0. The second-order valence-electron chi connectivity index (χ2n) is 6.18. The Morgan fingerprint density at radius 3 is 2.81 bits per heavy atom. The van der Waals surface area contributed by atoms with Crippen molar-refractivity contribution in [3.05, 3.63) is 29.6 Å². The Morgan fingerprint density at radius 2 is 2.19 bits per heavy atom. The molecule has 0 aliphatic carbocycles. The predicted molar refractivity (Wildman–Crippen MR) is 96.8 cm³/mol. The Morgan fingerprint density at radius 1 is 1.42 bits per heavy atom. The number of nitrogens with one attached hydrogen (secondary N) is 1. The van der Waals surface area contributed by atoms with Crippen molar-refractivity contribution >= 4 is 21.7 Å². The van der Waals surface area contributed by atoms with E-state index < -0.39 is 9.84 Å². The molecule has 26 heavy (non-hydrogen) atoms. The number of ether oxygens (including phenoxy) is 1. The van der Waals surface area contributed by atoms with Gasteiger partial charge in [0.2, 0.25) is 0 Å². The van der Waals surface area contributed by atoms with Crippen LogP contribution >= 0.6 is 0 Å². The first-order valence-corrected chi connectivity index (χ1v) is 10.4. The molecule has 9 heteroatoms. The van der Waals surface area contributed by atoms with Crippen LogP contribution in [-0.2, 0) is 14.6 Å². The topological polar surface area (TPSA) is 106 Å². The first-order valence-electron chi connectivity index (χ1n) is 8.62. The van der Waals surface area contributed by atoms with E-state index >= 15 is 0 Å². The predicted octanol–water partition coefficient (Wildman–Crippen LogP) is 0.497. The lowest BCUT2D eigenvalue weighted by Gasteiger charge is -2.27. The summed E-state index contributed by atoms with van der Waals surface area (Å²) in [6.45, 7) is 3.21. The lowest BCUT2D eigenvalue weighted by Crippen LogP contribution is -2.41. The summed E-state index contributed by atoms with van der Waals surface area (Å²) in [5.41, 5.74) is 0.483. The quantitative estimate of drug-likeness (QED) is 0.655. The molecule has 0 aromatic carbocycles. The third-order valence-corrected chi connectivity index (χ3v) is 6.05. The van der Waals surface area contributed by atoms with Crippen molar-refractivity contribution in [2.24, 2.45) is 0 Å². The summed E-state index contributed by atoms with van der Waals surface area (Å²) in [6.07, 6.45) is 2.54. The summed E-state index contributed by atoms with van der Waals surface area (Å²) in [4.78, 5) is 30.5. The first-order chi connectivity index (χ1) is 12.4. The molecular formula is C17H25N3O5S. The molecule has 0 bridgehead atoms. The van der Waals surface area contributed by atoms with E-state index in [1.807, 2.05) is 6.92 Å². The average molecular weight is 383 g/mol. The lowest BCUT2D eigenvalue weighted by atomic mass is 10.1. The molecule has 1 aromatic rings. The number of nitrogens with zero attached hydrogens (tertiary/aromatic N) is 2. The van der Waals surface area contributed by atoms with E-state index in [0.717, 1.165) is 0 Å². The largest absolute Gasteiger partial charge is 0.385 e. The molecule has 1 atom stereocenters. The van der Waals surface area contributed by atoms with E-state index in [0.29, 0.717) is 38.1 Å². The number of aromatic nitrogens is 1. The van der Waals surface area contributed by atoms with Crippen LogP contribution in [0.5, 0.6) is 0 Å². The van der Waals surface area contributed by atoms with Gasteiger partial charge in [0, 0.05) is 44.6 Å². The van der Waals surface area contributed by atoms with E-state index in [1.54, 1.807) is 12.0 Å². The third-order valence-electron chi connectivity index (χ3n) is 4.30. The van der Waals surface area contributed by atoms with E-state index in [4.69, 9.17) is 4.74 Å². The number of carbonyl (C=O) groups excluding carboxylic acids is 2. The van der Waals surface area contributed by atoms with Crippen LogP contribution in [0.15, 0.2) is 18.3 Å². The highest BCUT2D eigenvalue weighted by atomic mass is 32.2. The van der Waals surface area contributed by atoms with Crippen LogP contribution < -0.4 is 5.32 Å². The number of amides is 2. The van der Waals surface area contributed by atoms with Crippen molar-refractivity contribution in [1.29, 1.82) is 0 Å². The fraction of sp³-hybridized carbons (Fsp3) is 0.588. The number of carbonyl (C=O) groups is 2. The van der Waals surface area contributed by atoms with Gasteiger partial charge in [-0.05, 0) is 31.9 Å². The zero-order chi connectivity index (χ0) is 19.2. The van der Waals surface area contributed by atoms with Crippen molar-refractivity contribution in [3.8, 4) is 0 Å². The van der Waals surface area contributed by atoms with Crippen LogP contribution in [0.4, 0.5) is 0 Å². The minimum absolute atomic E-state index is 0.00942. The van der Waals surface area contributed by atoms with E-state index in [2.05, 4.69) is 10.3 Å². The minimum atomic E-state index is -3.08. The molecule has 144 valence electrons. The smallest absolute Gasteiger partial charge is 0.269 e. The fourth-order valence-corrected chi connectivity index (χ4v) is 4.68. The minimum Gasteiger partial charge on any atom is -0.385 e. The molecule has 8 nitrogen and oxygen atoms in total. The molecule has 1 aliphatic rings. The monoisotopic (exact) mass is 383 g/mol. The number of pyridine rings is 1. The molecule has 1 fully saturated rings. The summed E-state index contributed by atoms with van der Waals surface area (Å²) in [7, 11) is -1.49. The highest BCUT2D eigenvalue weighted by Crippen LogP contribution is 2.20. The van der Waals surface area contributed by atoms with Crippen molar-refractivity contribution in [1.82, 2.24) is 15.2 Å². The van der Waals surface area contributed by atoms with Gasteiger partial charge in [0.15, 0.2) is 9.84 Å². The molecule has 2 rings (SSSR count). The van der Waals surface area contributed by atoms with Crippen molar-refractivity contribution in [2.75, 3.05) is 38.3 Å². The normalized spacial score (nSPS) is 18.5. The van der Waals surface area contributed by atoms with Gasteiger partial charge in [0.1, 0.15) is 5.69 Å². The molecule has 1 aliphatic heterocycles. The molecule has 1 aromatic heterocycles. The molecule has 2 heterocycles. The van der Waals surface area contributed by atoms with E-state index in [-0.39, 0.29) is 35.1 Å². The summed E-state index contributed by atoms with van der Waals surface area (Å²) in [5.74, 6) is -0.551.